The first kappa shape index (κ1) is 19.1. The summed E-state index contributed by atoms with van der Waals surface area (Å²) in [6, 6.07) is 13.0. The van der Waals surface area contributed by atoms with Crippen LogP contribution in [0.25, 0.3) is 5.65 Å². The van der Waals surface area contributed by atoms with Gasteiger partial charge in [0, 0.05) is 32.2 Å². The van der Waals surface area contributed by atoms with E-state index in [4.69, 9.17) is 5.26 Å². The van der Waals surface area contributed by atoms with Gasteiger partial charge in [-0.3, -0.25) is 4.90 Å². The van der Waals surface area contributed by atoms with Crippen LogP contribution in [0.5, 0.6) is 0 Å². The number of aromatic nitrogens is 4. The first-order valence-electron chi connectivity index (χ1n) is 9.15. The van der Waals surface area contributed by atoms with Crippen LogP contribution in [0.1, 0.15) is 29.9 Å². The number of fused-ring (bicyclic) bond motifs is 1. The van der Waals surface area contributed by atoms with Gasteiger partial charge in [-0.1, -0.05) is 12.1 Å². The van der Waals surface area contributed by atoms with Crippen molar-refractivity contribution in [3.63, 3.8) is 0 Å². The van der Waals surface area contributed by atoms with E-state index in [1.54, 1.807) is 18.2 Å². The van der Waals surface area contributed by atoms with Crippen molar-refractivity contribution < 1.29 is 13.2 Å². The molecule has 1 fully saturated rings. The lowest BCUT2D eigenvalue weighted by Gasteiger charge is -2.38. The van der Waals surface area contributed by atoms with Crippen LogP contribution in [-0.2, 0) is 6.18 Å². The van der Waals surface area contributed by atoms with Gasteiger partial charge >= 0.3 is 6.18 Å². The largest absolute Gasteiger partial charge is 0.453 e. The number of rotatable bonds is 3. The standard InChI is InChI=1S/C19H18F3N7/c1-13(15-4-2-14(12-23)3-5-15)27-8-10-28(11-9-27)17-7-6-16-24-25-18(19(20,21)22)29(16)26-17/h2-7,13H,8-11H2,1H3. The Morgan fingerprint density at radius 3 is 2.31 bits per heavy atom. The molecule has 0 N–H and O–H groups in total. The molecule has 0 saturated carbocycles. The molecule has 7 nitrogen and oxygen atoms in total. The highest BCUT2D eigenvalue weighted by Gasteiger charge is 2.38. The molecular weight excluding hydrogens is 383 g/mol. The second-order valence-corrected chi connectivity index (χ2v) is 6.92. The van der Waals surface area contributed by atoms with E-state index in [-0.39, 0.29) is 11.7 Å². The summed E-state index contributed by atoms with van der Waals surface area (Å²) in [5, 5.41) is 19.8. The normalized spacial score (nSPS) is 16.7. The zero-order valence-electron chi connectivity index (χ0n) is 15.6. The summed E-state index contributed by atoms with van der Waals surface area (Å²) < 4.78 is 40.0. The van der Waals surface area contributed by atoms with E-state index in [9.17, 15) is 13.2 Å². The summed E-state index contributed by atoms with van der Waals surface area (Å²) >= 11 is 0. The van der Waals surface area contributed by atoms with Crippen LogP contribution in [0.15, 0.2) is 36.4 Å². The zero-order valence-corrected chi connectivity index (χ0v) is 15.6. The summed E-state index contributed by atoms with van der Waals surface area (Å²) in [6.07, 6.45) is -4.61. The molecule has 3 aromatic rings. The Hall–Kier alpha value is -3.19. The minimum absolute atomic E-state index is 0.0640. The Balaban J connectivity index is 1.47. The van der Waals surface area contributed by atoms with Crippen molar-refractivity contribution >= 4 is 11.5 Å². The Morgan fingerprint density at radius 1 is 1.00 bits per heavy atom. The van der Waals surface area contributed by atoms with E-state index in [0.717, 1.165) is 23.2 Å². The van der Waals surface area contributed by atoms with Gasteiger partial charge in [-0.2, -0.15) is 22.9 Å². The van der Waals surface area contributed by atoms with Gasteiger partial charge in [-0.05, 0) is 36.8 Å². The lowest BCUT2D eigenvalue weighted by molar-refractivity contribution is -0.146. The fourth-order valence-corrected chi connectivity index (χ4v) is 3.51. The van der Waals surface area contributed by atoms with Crippen LogP contribution in [-0.4, -0.2) is 50.9 Å². The molecule has 1 saturated heterocycles. The van der Waals surface area contributed by atoms with Gasteiger partial charge in [-0.25, -0.2) is 0 Å². The number of hydrogen-bond acceptors (Lipinski definition) is 6. The van der Waals surface area contributed by atoms with E-state index in [1.807, 2.05) is 17.0 Å². The van der Waals surface area contributed by atoms with Crippen molar-refractivity contribution in [1.29, 1.82) is 5.26 Å². The molecule has 3 heterocycles. The molecule has 0 aliphatic carbocycles. The maximum absolute atomic E-state index is 13.1. The van der Waals surface area contributed by atoms with Crippen molar-refractivity contribution in [3.8, 4) is 6.07 Å². The molecule has 10 heteroatoms. The van der Waals surface area contributed by atoms with Gasteiger partial charge in [0.1, 0.15) is 5.82 Å². The Kier molecular flexibility index (Phi) is 4.84. The maximum Gasteiger partial charge on any atom is 0.453 e. The predicted octanol–water partition coefficient (Wildman–Crippen LogP) is 2.90. The van der Waals surface area contributed by atoms with Crippen LogP contribution < -0.4 is 4.90 Å². The van der Waals surface area contributed by atoms with Gasteiger partial charge in [0.25, 0.3) is 5.82 Å². The SMILES string of the molecule is CC(c1ccc(C#N)cc1)N1CCN(c2ccc3nnc(C(F)(F)F)n3n2)CC1. The number of alkyl halides is 3. The van der Waals surface area contributed by atoms with Crippen LogP contribution in [0, 0.1) is 11.3 Å². The van der Waals surface area contributed by atoms with Gasteiger partial charge in [0.15, 0.2) is 5.65 Å². The van der Waals surface area contributed by atoms with Crippen molar-refractivity contribution in [1.82, 2.24) is 24.7 Å². The van der Waals surface area contributed by atoms with Crippen LogP contribution >= 0.6 is 0 Å². The molecule has 0 amide bonds. The van der Waals surface area contributed by atoms with Crippen LogP contribution in [0.4, 0.5) is 19.0 Å². The summed E-state index contributed by atoms with van der Waals surface area (Å²) in [4.78, 5) is 4.26. The molecule has 29 heavy (non-hydrogen) atoms. The molecule has 0 radical (unpaired) electrons. The van der Waals surface area contributed by atoms with E-state index < -0.39 is 12.0 Å². The van der Waals surface area contributed by atoms with Gasteiger partial charge < -0.3 is 4.90 Å². The number of hydrogen-bond donors (Lipinski definition) is 0. The number of nitrogens with zero attached hydrogens (tertiary/aromatic N) is 7. The third kappa shape index (κ3) is 3.73. The molecule has 150 valence electrons. The third-order valence-corrected chi connectivity index (χ3v) is 5.21. The molecule has 0 bridgehead atoms. The number of benzene rings is 1. The number of nitriles is 1. The minimum atomic E-state index is -4.61. The smallest absolute Gasteiger partial charge is 0.353 e. The molecule has 1 atom stereocenters. The van der Waals surface area contributed by atoms with Gasteiger partial charge in [0.2, 0.25) is 0 Å². The van der Waals surface area contributed by atoms with E-state index in [1.165, 1.54) is 6.07 Å². The maximum atomic E-state index is 13.1. The second kappa shape index (κ2) is 7.33. The highest BCUT2D eigenvalue weighted by Crippen LogP contribution is 2.28. The number of anilines is 1. The molecule has 1 aliphatic rings. The van der Waals surface area contributed by atoms with E-state index in [2.05, 4.69) is 33.2 Å². The Bertz CT molecular complexity index is 1040. The lowest BCUT2D eigenvalue weighted by atomic mass is 10.0. The average Bonchev–Trinajstić information content (AvgIpc) is 3.17. The summed E-state index contributed by atoms with van der Waals surface area (Å²) in [5.74, 6) is -0.657. The number of piperazine rings is 1. The molecule has 1 aliphatic heterocycles. The average molecular weight is 401 g/mol. The Morgan fingerprint density at radius 2 is 1.69 bits per heavy atom. The van der Waals surface area contributed by atoms with E-state index >= 15 is 0 Å². The van der Waals surface area contributed by atoms with Gasteiger partial charge in [0.05, 0.1) is 11.6 Å². The molecule has 4 rings (SSSR count). The molecular formula is C19H18F3N7. The van der Waals surface area contributed by atoms with Crippen molar-refractivity contribution in [2.24, 2.45) is 0 Å². The molecule has 1 unspecified atom stereocenters. The molecule has 0 spiro atoms. The van der Waals surface area contributed by atoms with Gasteiger partial charge in [-0.15, -0.1) is 15.3 Å². The topological polar surface area (TPSA) is 73.4 Å². The van der Waals surface area contributed by atoms with Crippen molar-refractivity contribution in [3.05, 3.63) is 53.3 Å². The monoisotopic (exact) mass is 401 g/mol. The summed E-state index contributed by atoms with van der Waals surface area (Å²) in [6.45, 7) is 4.88. The molecule has 2 aromatic heterocycles. The first-order valence-corrected chi connectivity index (χ1v) is 9.15. The minimum Gasteiger partial charge on any atom is -0.353 e. The Labute approximate surface area is 165 Å². The lowest BCUT2D eigenvalue weighted by Crippen LogP contribution is -2.47. The highest BCUT2D eigenvalue weighted by atomic mass is 19.4. The van der Waals surface area contributed by atoms with Crippen LogP contribution in [0.2, 0.25) is 0 Å². The fraction of sp³-hybridized carbons (Fsp3) is 0.368. The fourth-order valence-electron chi connectivity index (χ4n) is 3.51. The third-order valence-electron chi connectivity index (χ3n) is 5.21. The number of halogens is 3. The highest BCUT2D eigenvalue weighted by molar-refractivity contribution is 5.46. The molecule has 1 aromatic carbocycles. The van der Waals surface area contributed by atoms with Crippen molar-refractivity contribution in [2.75, 3.05) is 31.1 Å². The first-order chi connectivity index (χ1) is 13.9. The van der Waals surface area contributed by atoms with Crippen molar-refractivity contribution in [2.45, 2.75) is 19.1 Å². The summed E-state index contributed by atoms with van der Waals surface area (Å²) in [7, 11) is 0. The van der Waals surface area contributed by atoms with E-state index in [0.29, 0.717) is 24.5 Å². The quantitative estimate of drug-likeness (QED) is 0.672. The zero-order chi connectivity index (χ0) is 20.6. The van der Waals surface area contributed by atoms with Crippen LogP contribution in [0.3, 0.4) is 0 Å². The second-order valence-electron chi connectivity index (χ2n) is 6.92. The summed E-state index contributed by atoms with van der Waals surface area (Å²) in [5.41, 5.74) is 1.81. The predicted molar refractivity (Wildman–Crippen MR) is 99.1 cm³/mol.